The van der Waals surface area contributed by atoms with E-state index in [2.05, 4.69) is 0 Å². The van der Waals surface area contributed by atoms with E-state index in [1.165, 1.54) is 6.92 Å². The molecule has 0 aliphatic heterocycles. The van der Waals surface area contributed by atoms with Gasteiger partial charge in [-0.15, -0.1) is 0 Å². The molecular formula is C14H18O2. The lowest BCUT2D eigenvalue weighted by Crippen LogP contribution is -2.32. The van der Waals surface area contributed by atoms with Crippen LogP contribution in [0.2, 0.25) is 0 Å². The third-order valence-electron chi connectivity index (χ3n) is 3.07. The molecule has 0 aliphatic rings. The SMILES string of the molecule is CC(=O)C(C)(C)C(=O)c1ccc(C)cc1C. The highest BCUT2D eigenvalue weighted by Gasteiger charge is 2.33. The van der Waals surface area contributed by atoms with E-state index in [0.29, 0.717) is 5.56 Å². The molecule has 0 radical (unpaired) electrons. The fourth-order valence-electron chi connectivity index (χ4n) is 1.56. The Labute approximate surface area is 96.7 Å². The number of carbonyl (C=O) groups excluding carboxylic acids is 2. The molecule has 2 heteroatoms. The number of ketones is 2. The van der Waals surface area contributed by atoms with Gasteiger partial charge in [-0.1, -0.05) is 23.8 Å². The maximum Gasteiger partial charge on any atom is 0.176 e. The van der Waals surface area contributed by atoms with E-state index in [-0.39, 0.29) is 11.6 Å². The highest BCUT2D eigenvalue weighted by molar-refractivity contribution is 6.13. The fourth-order valence-corrected chi connectivity index (χ4v) is 1.56. The second-order valence-electron chi connectivity index (χ2n) is 4.83. The molecule has 0 N–H and O–H groups in total. The Bertz CT molecular complexity index is 442. The van der Waals surface area contributed by atoms with Crippen LogP contribution >= 0.6 is 0 Å². The van der Waals surface area contributed by atoms with Crippen LogP contribution in [0.1, 0.15) is 42.3 Å². The summed E-state index contributed by atoms with van der Waals surface area (Å²) < 4.78 is 0. The van der Waals surface area contributed by atoms with Crippen molar-refractivity contribution in [3.05, 3.63) is 34.9 Å². The highest BCUT2D eigenvalue weighted by Crippen LogP contribution is 2.25. The summed E-state index contributed by atoms with van der Waals surface area (Å²) in [5.74, 6) is -0.199. The topological polar surface area (TPSA) is 34.1 Å². The summed E-state index contributed by atoms with van der Waals surface area (Å²) in [5.41, 5.74) is 1.76. The summed E-state index contributed by atoms with van der Waals surface area (Å²) >= 11 is 0. The predicted octanol–water partition coefficient (Wildman–Crippen LogP) is 3.10. The molecule has 0 bridgehead atoms. The van der Waals surface area contributed by atoms with Crippen LogP contribution in [0.25, 0.3) is 0 Å². The second-order valence-corrected chi connectivity index (χ2v) is 4.83. The molecule has 0 spiro atoms. The molecule has 0 aromatic heterocycles. The van der Waals surface area contributed by atoms with E-state index >= 15 is 0 Å². The van der Waals surface area contributed by atoms with Crippen molar-refractivity contribution in [3.8, 4) is 0 Å². The zero-order valence-electron chi connectivity index (χ0n) is 10.5. The van der Waals surface area contributed by atoms with Crippen LogP contribution < -0.4 is 0 Å². The van der Waals surface area contributed by atoms with Crippen LogP contribution in [0.15, 0.2) is 18.2 Å². The first-order valence-electron chi connectivity index (χ1n) is 5.40. The van der Waals surface area contributed by atoms with Crippen LogP contribution in [-0.2, 0) is 4.79 Å². The van der Waals surface area contributed by atoms with Gasteiger partial charge in [-0.2, -0.15) is 0 Å². The summed E-state index contributed by atoms with van der Waals surface area (Å²) in [6.07, 6.45) is 0. The van der Waals surface area contributed by atoms with Crippen LogP contribution in [0, 0.1) is 19.3 Å². The van der Waals surface area contributed by atoms with Crippen molar-refractivity contribution in [1.82, 2.24) is 0 Å². The van der Waals surface area contributed by atoms with Gasteiger partial charge in [-0.3, -0.25) is 9.59 Å². The smallest absolute Gasteiger partial charge is 0.176 e. The third kappa shape index (κ3) is 2.21. The minimum atomic E-state index is -0.931. The predicted molar refractivity (Wildman–Crippen MR) is 64.7 cm³/mol. The number of hydrogen-bond donors (Lipinski definition) is 0. The van der Waals surface area contributed by atoms with Gasteiger partial charge in [0.05, 0.1) is 5.41 Å². The molecule has 0 fully saturated rings. The van der Waals surface area contributed by atoms with Crippen LogP contribution in [0.5, 0.6) is 0 Å². The Kier molecular flexibility index (Phi) is 3.32. The maximum absolute atomic E-state index is 12.2. The average molecular weight is 218 g/mol. The van der Waals surface area contributed by atoms with Crippen LogP contribution in [-0.4, -0.2) is 11.6 Å². The van der Waals surface area contributed by atoms with Crippen molar-refractivity contribution < 1.29 is 9.59 Å². The number of benzene rings is 1. The molecule has 0 aliphatic carbocycles. The van der Waals surface area contributed by atoms with E-state index in [4.69, 9.17) is 0 Å². The van der Waals surface area contributed by atoms with Crippen molar-refractivity contribution in [3.63, 3.8) is 0 Å². The van der Waals surface area contributed by atoms with Crippen molar-refractivity contribution in [2.24, 2.45) is 5.41 Å². The Balaban J connectivity index is 3.20. The molecule has 2 nitrogen and oxygen atoms in total. The van der Waals surface area contributed by atoms with Gasteiger partial charge in [0.2, 0.25) is 0 Å². The van der Waals surface area contributed by atoms with E-state index in [1.54, 1.807) is 19.9 Å². The fraction of sp³-hybridized carbons (Fsp3) is 0.429. The minimum Gasteiger partial charge on any atom is -0.299 e. The number of Topliss-reactive ketones (excluding diaryl/α,β-unsaturated/α-hetero) is 2. The Hall–Kier alpha value is -1.44. The standard InChI is InChI=1S/C14H18O2/c1-9-6-7-12(10(2)8-9)13(16)14(4,5)11(3)15/h6-8H,1-5H3. The van der Waals surface area contributed by atoms with Crippen molar-refractivity contribution in [2.45, 2.75) is 34.6 Å². The summed E-state index contributed by atoms with van der Waals surface area (Å²) in [4.78, 5) is 23.7. The van der Waals surface area contributed by atoms with E-state index < -0.39 is 5.41 Å². The molecule has 86 valence electrons. The van der Waals surface area contributed by atoms with Gasteiger partial charge in [0, 0.05) is 5.56 Å². The first-order chi connectivity index (χ1) is 7.26. The molecule has 0 atom stereocenters. The summed E-state index contributed by atoms with van der Waals surface area (Å²) in [6.45, 7) is 8.70. The Morgan fingerprint density at radius 1 is 1.12 bits per heavy atom. The van der Waals surface area contributed by atoms with E-state index in [0.717, 1.165) is 11.1 Å². The number of rotatable bonds is 3. The summed E-state index contributed by atoms with van der Waals surface area (Å²) in [7, 11) is 0. The quantitative estimate of drug-likeness (QED) is 0.577. The van der Waals surface area contributed by atoms with Gasteiger partial charge in [-0.25, -0.2) is 0 Å². The van der Waals surface area contributed by atoms with Gasteiger partial charge in [0.15, 0.2) is 5.78 Å². The Morgan fingerprint density at radius 2 is 1.69 bits per heavy atom. The lowest BCUT2D eigenvalue weighted by Gasteiger charge is -2.20. The molecule has 0 amide bonds. The lowest BCUT2D eigenvalue weighted by molar-refractivity contribution is -0.122. The highest BCUT2D eigenvalue weighted by atomic mass is 16.2. The van der Waals surface area contributed by atoms with Crippen molar-refractivity contribution >= 4 is 11.6 Å². The third-order valence-corrected chi connectivity index (χ3v) is 3.07. The molecule has 1 aromatic carbocycles. The lowest BCUT2D eigenvalue weighted by atomic mass is 9.80. The minimum absolute atomic E-state index is 0.0995. The zero-order chi connectivity index (χ0) is 12.5. The number of aryl methyl sites for hydroxylation is 2. The molecule has 0 heterocycles. The zero-order valence-corrected chi connectivity index (χ0v) is 10.5. The first-order valence-corrected chi connectivity index (χ1v) is 5.40. The molecule has 0 saturated heterocycles. The van der Waals surface area contributed by atoms with Crippen molar-refractivity contribution in [2.75, 3.05) is 0 Å². The van der Waals surface area contributed by atoms with Gasteiger partial charge in [0.1, 0.15) is 5.78 Å². The Morgan fingerprint density at radius 3 is 2.12 bits per heavy atom. The van der Waals surface area contributed by atoms with Crippen molar-refractivity contribution in [1.29, 1.82) is 0 Å². The average Bonchev–Trinajstić information content (AvgIpc) is 2.16. The summed E-state index contributed by atoms with van der Waals surface area (Å²) in [5, 5.41) is 0. The molecule has 16 heavy (non-hydrogen) atoms. The molecular weight excluding hydrogens is 200 g/mol. The molecule has 1 aromatic rings. The second kappa shape index (κ2) is 4.20. The van der Waals surface area contributed by atoms with Gasteiger partial charge < -0.3 is 0 Å². The summed E-state index contributed by atoms with van der Waals surface area (Å²) in [6, 6.07) is 5.66. The molecule has 1 rings (SSSR count). The van der Waals surface area contributed by atoms with Gasteiger partial charge in [0.25, 0.3) is 0 Å². The molecule has 0 saturated carbocycles. The maximum atomic E-state index is 12.2. The normalized spacial score (nSPS) is 11.3. The molecule has 0 unspecified atom stereocenters. The van der Waals surface area contributed by atoms with E-state index in [9.17, 15) is 9.59 Å². The van der Waals surface area contributed by atoms with Crippen LogP contribution in [0.4, 0.5) is 0 Å². The van der Waals surface area contributed by atoms with E-state index in [1.807, 2.05) is 26.0 Å². The van der Waals surface area contributed by atoms with Gasteiger partial charge >= 0.3 is 0 Å². The number of hydrogen-bond acceptors (Lipinski definition) is 2. The van der Waals surface area contributed by atoms with Crippen LogP contribution in [0.3, 0.4) is 0 Å². The first kappa shape index (κ1) is 12.6. The largest absolute Gasteiger partial charge is 0.299 e. The van der Waals surface area contributed by atoms with Gasteiger partial charge in [-0.05, 0) is 40.2 Å². The number of carbonyl (C=O) groups is 2. The monoisotopic (exact) mass is 218 g/mol.